The van der Waals surface area contributed by atoms with Gasteiger partial charge in [-0.25, -0.2) is 8.42 Å². The van der Waals surface area contributed by atoms with Crippen LogP contribution in [0.15, 0.2) is 51.8 Å². The van der Waals surface area contributed by atoms with E-state index >= 15 is 0 Å². The number of carbonyl (C=O) groups is 1. The zero-order chi connectivity index (χ0) is 19.3. The summed E-state index contributed by atoms with van der Waals surface area (Å²) in [5.41, 5.74) is 1.52. The summed E-state index contributed by atoms with van der Waals surface area (Å²) in [4.78, 5) is 12.3. The minimum atomic E-state index is -3.77. The molecule has 2 aromatic rings. The predicted molar refractivity (Wildman–Crippen MR) is 105 cm³/mol. The third-order valence-corrected chi connectivity index (χ3v) is 5.98. The Labute approximate surface area is 162 Å². The number of hydrogen-bond acceptors (Lipinski definition) is 4. The van der Waals surface area contributed by atoms with Crippen molar-refractivity contribution in [3.05, 3.63) is 52.5 Å². The van der Waals surface area contributed by atoms with Crippen molar-refractivity contribution in [2.75, 3.05) is 25.5 Å². The van der Waals surface area contributed by atoms with Crippen LogP contribution in [0.4, 0.5) is 5.69 Å². The summed E-state index contributed by atoms with van der Waals surface area (Å²) in [5.74, 6) is 0.185. The molecule has 0 fully saturated rings. The number of aryl methyl sites for hydroxylation is 1. The number of nitrogens with zero attached hydrogens (tertiary/aromatic N) is 1. The minimum absolute atomic E-state index is 0.107. The van der Waals surface area contributed by atoms with Crippen molar-refractivity contribution in [1.82, 2.24) is 4.31 Å². The van der Waals surface area contributed by atoms with E-state index in [2.05, 4.69) is 21.2 Å². The van der Waals surface area contributed by atoms with Crippen molar-refractivity contribution in [2.24, 2.45) is 0 Å². The Morgan fingerprint density at radius 2 is 1.85 bits per heavy atom. The fraction of sp³-hybridized carbons (Fsp3) is 0.278. The summed E-state index contributed by atoms with van der Waals surface area (Å²) >= 11 is 3.36. The number of ether oxygens (including phenoxy) is 1. The van der Waals surface area contributed by atoms with Gasteiger partial charge >= 0.3 is 0 Å². The Balaban J connectivity index is 2.07. The van der Waals surface area contributed by atoms with E-state index in [1.54, 1.807) is 18.2 Å². The van der Waals surface area contributed by atoms with Crippen LogP contribution in [-0.4, -0.2) is 38.8 Å². The number of hydrogen-bond donors (Lipinski definition) is 1. The largest absolute Gasteiger partial charge is 0.494 e. The molecule has 0 bridgehead atoms. The van der Waals surface area contributed by atoms with Gasteiger partial charge in [0, 0.05) is 17.2 Å². The highest BCUT2D eigenvalue weighted by molar-refractivity contribution is 9.10. The lowest BCUT2D eigenvalue weighted by atomic mass is 10.2. The van der Waals surface area contributed by atoms with E-state index in [9.17, 15) is 13.2 Å². The second kappa shape index (κ2) is 8.66. The Hall–Kier alpha value is -1.90. The highest BCUT2D eigenvalue weighted by atomic mass is 79.9. The van der Waals surface area contributed by atoms with Gasteiger partial charge in [0.2, 0.25) is 15.9 Å². The van der Waals surface area contributed by atoms with E-state index in [-0.39, 0.29) is 11.4 Å². The zero-order valence-corrected chi connectivity index (χ0v) is 17.2. The second-order valence-corrected chi connectivity index (χ2v) is 8.63. The number of amides is 1. The molecule has 0 aliphatic heterocycles. The lowest BCUT2D eigenvalue weighted by molar-refractivity contribution is -0.116. The fourth-order valence-corrected chi connectivity index (χ4v) is 3.90. The maximum atomic E-state index is 12.6. The number of nitrogens with one attached hydrogen (secondary N) is 1. The lowest BCUT2D eigenvalue weighted by Crippen LogP contribution is -2.35. The van der Waals surface area contributed by atoms with Crippen LogP contribution in [0.1, 0.15) is 12.5 Å². The second-order valence-electron chi connectivity index (χ2n) is 5.67. The van der Waals surface area contributed by atoms with Gasteiger partial charge in [-0.2, -0.15) is 4.31 Å². The van der Waals surface area contributed by atoms with Crippen molar-refractivity contribution < 1.29 is 17.9 Å². The molecule has 0 aliphatic carbocycles. The molecule has 0 heterocycles. The number of likely N-dealkylation sites (N-methyl/N-ethyl adjacent to an activating group) is 1. The molecule has 1 N–H and O–H groups in total. The first-order valence-corrected chi connectivity index (χ1v) is 10.2. The van der Waals surface area contributed by atoms with E-state index in [4.69, 9.17) is 4.74 Å². The molecule has 0 saturated heterocycles. The summed E-state index contributed by atoms with van der Waals surface area (Å²) in [6, 6.07) is 11.6. The maximum absolute atomic E-state index is 12.6. The molecule has 0 atom stereocenters. The fourth-order valence-electron chi connectivity index (χ4n) is 2.30. The Kier molecular flexibility index (Phi) is 6.80. The average molecular weight is 441 g/mol. The monoisotopic (exact) mass is 440 g/mol. The van der Waals surface area contributed by atoms with E-state index in [1.165, 1.54) is 19.2 Å². The quantitative estimate of drug-likeness (QED) is 0.715. The van der Waals surface area contributed by atoms with E-state index in [1.807, 2.05) is 26.0 Å². The van der Waals surface area contributed by atoms with Crippen molar-refractivity contribution in [3.8, 4) is 5.75 Å². The summed E-state index contributed by atoms with van der Waals surface area (Å²) in [5, 5.41) is 2.73. The highest BCUT2D eigenvalue weighted by Gasteiger charge is 2.23. The Morgan fingerprint density at radius 3 is 2.42 bits per heavy atom. The Morgan fingerprint density at radius 1 is 1.19 bits per heavy atom. The van der Waals surface area contributed by atoms with Crippen LogP contribution in [0.2, 0.25) is 0 Å². The number of anilines is 1. The molecule has 0 unspecified atom stereocenters. The van der Waals surface area contributed by atoms with Crippen LogP contribution in [0.25, 0.3) is 0 Å². The highest BCUT2D eigenvalue weighted by Crippen LogP contribution is 2.21. The molecule has 1 amide bonds. The van der Waals surface area contributed by atoms with Crippen molar-refractivity contribution in [2.45, 2.75) is 18.7 Å². The topological polar surface area (TPSA) is 75.7 Å². The molecule has 8 heteroatoms. The molecule has 26 heavy (non-hydrogen) atoms. The molecule has 2 aromatic carbocycles. The van der Waals surface area contributed by atoms with E-state index in [0.717, 1.165) is 14.3 Å². The number of benzene rings is 2. The van der Waals surface area contributed by atoms with Gasteiger partial charge in [-0.3, -0.25) is 4.79 Å². The lowest BCUT2D eigenvalue weighted by Gasteiger charge is -2.17. The van der Waals surface area contributed by atoms with Gasteiger partial charge in [0.05, 0.1) is 18.0 Å². The predicted octanol–water partition coefficient (Wildman–Crippen LogP) is 3.42. The molecule has 2 rings (SSSR count). The first kappa shape index (κ1) is 20.4. The summed E-state index contributed by atoms with van der Waals surface area (Å²) < 4.78 is 32.4. The zero-order valence-electron chi connectivity index (χ0n) is 14.8. The van der Waals surface area contributed by atoms with E-state index in [0.29, 0.717) is 18.0 Å². The SMILES string of the molecule is CCOc1ccc(S(=O)(=O)N(C)CC(=O)Nc2ccc(Br)cc2C)cc1. The molecule has 0 radical (unpaired) electrons. The van der Waals surface area contributed by atoms with Crippen LogP contribution < -0.4 is 10.1 Å². The smallest absolute Gasteiger partial charge is 0.243 e. The number of sulfonamides is 1. The van der Waals surface area contributed by atoms with Gasteiger partial charge in [0.15, 0.2) is 0 Å². The van der Waals surface area contributed by atoms with Crippen LogP contribution in [0, 0.1) is 6.92 Å². The first-order chi connectivity index (χ1) is 12.2. The van der Waals surface area contributed by atoms with Crippen LogP contribution in [-0.2, 0) is 14.8 Å². The van der Waals surface area contributed by atoms with Crippen molar-refractivity contribution in [1.29, 1.82) is 0 Å². The molecular formula is C18H21BrN2O4S. The summed E-state index contributed by atoms with van der Waals surface area (Å²) in [6.07, 6.45) is 0. The number of carbonyl (C=O) groups excluding carboxylic acids is 1. The van der Waals surface area contributed by atoms with Crippen molar-refractivity contribution >= 4 is 37.5 Å². The standard InChI is InChI=1S/C18H21BrN2O4S/c1-4-25-15-6-8-16(9-7-15)26(23,24)21(3)12-18(22)20-17-10-5-14(19)11-13(17)2/h5-11H,4,12H2,1-3H3,(H,20,22). The van der Waals surface area contributed by atoms with E-state index < -0.39 is 15.9 Å². The van der Waals surface area contributed by atoms with Crippen molar-refractivity contribution in [3.63, 3.8) is 0 Å². The average Bonchev–Trinajstić information content (AvgIpc) is 2.58. The van der Waals surface area contributed by atoms with Gasteiger partial charge in [-0.1, -0.05) is 15.9 Å². The minimum Gasteiger partial charge on any atom is -0.494 e. The normalized spacial score (nSPS) is 11.4. The molecule has 140 valence electrons. The van der Waals surface area contributed by atoms with Crippen LogP contribution in [0.3, 0.4) is 0 Å². The molecule has 0 spiro atoms. The third-order valence-electron chi connectivity index (χ3n) is 3.67. The summed E-state index contributed by atoms with van der Waals surface area (Å²) in [7, 11) is -2.39. The molecule has 0 saturated carbocycles. The van der Waals surface area contributed by atoms with Gasteiger partial charge in [-0.15, -0.1) is 0 Å². The molecule has 0 aromatic heterocycles. The van der Waals surface area contributed by atoms with Gasteiger partial charge in [-0.05, 0) is 61.9 Å². The maximum Gasteiger partial charge on any atom is 0.243 e. The molecular weight excluding hydrogens is 420 g/mol. The number of halogens is 1. The molecule has 6 nitrogen and oxygen atoms in total. The van der Waals surface area contributed by atoms with Crippen LogP contribution in [0.5, 0.6) is 5.75 Å². The van der Waals surface area contributed by atoms with Gasteiger partial charge < -0.3 is 10.1 Å². The first-order valence-electron chi connectivity index (χ1n) is 7.99. The van der Waals surface area contributed by atoms with Gasteiger partial charge in [0.25, 0.3) is 0 Å². The summed E-state index contributed by atoms with van der Waals surface area (Å²) in [6.45, 7) is 3.93. The Bertz CT molecular complexity index is 883. The number of rotatable bonds is 7. The molecule has 0 aliphatic rings. The third kappa shape index (κ3) is 5.06. The van der Waals surface area contributed by atoms with Crippen LogP contribution >= 0.6 is 15.9 Å². The van der Waals surface area contributed by atoms with Gasteiger partial charge in [0.1, 0.15) is 5.75 Å².